The third-order valence-electron chi connectivity index (χ3n) is 3.41. The number of rotatable bonds is 7. The van der Waals surface area contributed by atoms with Crippen molar-refractivity contribution in [1.82, 2.24) is 5.32 Å². The fraction of sp³-hybridized carbons (Fsp3) is 0.562. The van der Waals surface area contributed by atoms with Crippen LogP contribution in [0.5, 0.6) is 0 Å². The highest BCUT2D eigenvalue weighted by atomic mass is 32.2. The van der Waals surface area contributed by atoms with Gasteiger partial charge in [-0.3, -0.25) is 9.10 Å². The number of nitrogens with one attached hydrogen (secondary N) is 1. The lowest BCUT2D eigenvalue weighted by Gasteiger charge is -2.23. The van der Waals surface area contributed by atoms with E-state index in [0.29, 0.717) is 18.7 Å². The van der Waals surface area contributed by atoms with E-state index in [1.165, 1.54) is 10.6 Å². The molecule has 1 rings (SSSR count). The summed E-state index contributed by atoms with van der Waals surface area (Å²) in [7, 11) is -3.39. The van der Waals surface area contributed by atoms with Crippen LogP contribution >= 0.6 is 0 Å². The summed E-state index contributed by atoms with van der Waals surface area (Å²) >= 11 is 0. The number of hydrogen-bond donors (Lipinski definition) is 1. The Hall–Kier alpha value is -1.56. The Bertz CT molecular complexity index is 624. The van der Waals surface area contributed by atoms with Crippen LogP contribution in [0.4, 0.5) is 5.69 Å². The Morgan fingerprint density at radius 3 is 2.36 bits per heavy atom. The average molecular weight is 326 g/mol. The normalized spacial score (nSPS) is 11.5. The van der Waals surface area contributed by atoms with Crippen molar-refractivity contribution in [3.05, 3.63) is 29.3 Å². The SMILES string of the molecule is Cc1ccc(N(CCNC(=O)CC(C)C)S(C)(=O)=O)cc1C. The highest BCUT2D eigenvalue weighted by Gasteiger charge is 2.18. The van der Waals surface area contributed by atoms with E-state index in [9.17, 15) is 13.2 Å². The average Bonchev–Trinajstić information content (AvgIpc) is 2.36. The standard InChI is InChI=1S/C16H26N2O3S/c1-12(2)10-16(19)17-8-9-18(22(5,20)21)15-7-6-13(3)14(4)11-15/h6-7,11-12H,8-10H2,1-5H3,(H,17,19). The smallest absolute Gasteiger partial charge is 0.232 e. The molecule has 1 aromatic carbocycles. The third kappa shape index (κ3) is 5.67. The van der Waals surface area contributed by atoms with Crippen molar-refractivity contribution in [2.75, 3.05) is 23.7 Å². The lowest BCUT2D eigenvalue weighted by atomic mass is 10.1. The van der Waals surface area contributed by atoms with Crippen molar-refractivity contribution in [1.29, 1.82) is 0 Å². The molecule has 1 aromatic rings. The Labute approximate surface area is 133 Å². The minimum atomic E-state index is -3.39. The Balaban J connectivity index is 2.79. The van der Waals surface area contributed by atoms with Gasteiger partial charge < -0.3 is 5.32 Å². The second kappa shape index (κ2) is 7.63. The van der Waals surface area contributed by atoms with E-state index in [1.54, 1.807) is 6.07 Å². The molecule has 0 atom stereocenters. The van der Waals surface area contributed by atoms with Gasteiger partial charge in [-0.1, -0.05) is 19.9 Å². The minimum Gasteiger partial charge on any atom is -0.354 e. The highest BCUT2D eigenvalue weighted by molar-refractivity contribution is 7.92. The van der Waals surface area contributed by atoms with Crippen LogP contribution in [0, 0.1) is 19.8 Å². The number of carbonyl (C=O) groups is 1. The first kappa shape index (κ1) is 18.5. The molecule has 0 aliphatic heterocycles. The van der Waals surface area contributed by atoms with Crippen LogP contribution in [0.1, 0.15) is 31.4 Å². The van der Waals surface area contributed by atoms with Gasteiger partial charge in [0.2, 0.25) is 15.9 Å². The molecule has 0 aliphatic carbocycles. The molecule has 0 spiro atoms. The van der Waals surface area contributed by atoms with Gasteiger partial charge >= 0.3 is 0 Å². The van der Waals surface area contributed by atoms with Gasteiger partial charge in [-0.2, -0.15) is 0 Å². The Morgan fingerprint density at radius 2 is 1.86 bits per heavy atom. The number of sulfonamides is 1. The first-order valence-electron chi connectivity index (χ1n) is 7.43. The molecule has 0 aliphatic rings. The molecule has 22 heavy (non-hydrogen) atoms. The predicted octanol–water partition coefficient (Wildman–Crippen LogP) is 2.23. The molecule has 1 N–H and O–H groups in total. The van der Waals surface area contributed by atoms with Crippen LogP contribution in [0.3, 0.4) is 0 Å². The maximum atomic E-state index is 12.0. The quantitative estimate of drug-likeness (QED) is 0.835. The molecule has 0 radical (unpaired) electrons. The molecular formula is C16H26N2O3S. The van der Waals surface area contributed by atoms with E-state index in [4.69, 9.17) is 0 Å². The lowest BCUT2D eigenvalue weighted by molar-refractivity contribution is -0.121. The zero-order chi connectivity index (χ0) is 16.9. The van der Waals surface area contributed by atoms with Gasteiger partial charge in [-0.15, -0.1) is 0 Å². The molecule has 6 heteroatoms. The lowest BCUT2D eigenvalue weighted by Crippen LogP contribution is -2.38. The van der Waals surface area contributed by atoms with Gasteiger partial charge in [0.25, 0.3) is 0 Å². The van der Waals surface area contributed by atoms with Gasteiger partial charge in [0.15, 0.2) is 0 Å². The van der Waals surface area contributed by atoms with Gasteiger partial charge in [-0.25, -0.2) is 8.42 Å². The van der Waals surface area contributed by atoms with Gasteiger partial charge in [0.1, 0.15) is 0 Å². The first-order chi connectivity index (χ1) is 10.1. The number of benzene rings is 1. The maximum Gasteiger partial charge on any atom is 0.232 e. The Kier molecular flexibility index (Phi) is 6.41. The van der Waals surface area contributed by atoms with E-state index in [-0.39, 0.29) is 18.4 Å². The van der Waals surface area contributed by atoms with Crippen LogP contribution in [-0.2, 0) is 14.8 Å². The van der Waals surface area contributed by atoms with Gasteiger partial charge in [0.05, 0.1) is 18.5 Å². The summed E-state index contributed by atoms with van der Waals surface area (Å²) < 4.78 is 25.3. The van der Waals surface area contributed by atoms with E-state index in [2.05, 4.69) is 5.32 Å². The molecule has 0 unspecified atom stereocenters. The predicted molar refractivity (Wildman–Crippen MR) is 90.6 cm³/mol. The molecule has 0 saturated heterocycles. The number of carbonyl (C=O) groups excluding carboxylic acids is 1. The fourth-order valence-corrected chi connectivity index (χ4v) is 3.03. The van der Waals surface area contributed by atoms with Gasteiger partial charge in [-0.05, 0) is 43.0 Å². The second-order valence-electron chi connectivity index (χ2n) is 6.05. The molecule has 0 heterocycles. The minimum absolute atomic E-state index is 0.0523. The van der Waals surface area contributed by atoms with Crippen LogP contribution in [-0.4, -0.2) is 33.7 Å². The molecule has 1 amide bonds. The van der Waals surface area contributed by atoms with Crippen molar-refractivity contribution in [2.24, 2.45) is 5.92 Å². The fourth-order valence-electron chi connectivity index (χ4n) is 2.11. The topological polar surface area (TPSA) is 66.5 Å². The van der Waals surface area contributed by atoms with Crippen molar-refractivity contribution in [2.45, 2.75) is 34.1 Å². The summed E-state index contributed by atoms with van der Waals surface area (Å²) in [5.74, 6) is 0.231. The molecular weight excluding hydrogens is 300 g/mol. The summed E-state index contributed by atoms with van der Waals surface area (Å²) in [5.41, 5.74) is 2.78. The summed E-state index contributed by atoms with van der Waals surface area (Å²) in [6.45, 7) is 8.39. The van der Waals surface area contributed by atoms with E-state index in [1.807, 2.05) is 39.8 Å². The number of anilines is 1. The summed E-state index contributed by atoms with van der Waals surface area (Å²) in [6, 6.07) is 5.55. The summed E-state index contributed by atoms with van der Waals surface area (Å²) in [5, 5.41) is 2.77. The molecule has 0 saturated carbocycles. The van der Waals surface area contributed by atoms with Crippen LogP contribution in [0.15, 0.2) is 18.2 Å². The van der Waals surface area contributed by atoms with Crippen molar-refractivity contribution >= 4 is 21.6 Å². The molecule has 0 aromatic heterocycles. The van der Waals surface area contributed by atoms with Crippen LogP contribution in [0.25, 0.3) is 0 Å². The number of hydrogen-bond acceptors (Lipinski definition) is 3. The monoisotopic (exact) mass is 326 g/mol. The molecule has 124 valence electrons. The second-order valence-corrected chi connectivity index (χ2v) is 7.96. The van der Waals surface area contributed by atoms with E-state index >= 15 is 0 Å². The van der Waals surface area contributed by atoms with Crippen molar-refractivity contribution in [3.63, 3.8) is 0 Å². The molecule has 0 bridgehead atoms. The van der Waals surface area contributed by atoms with Gasteiger partial charge in [0, 0.05) is 13.0 Å². The summed E-state index contributed by atoms with van der Waals surface area (Å²) in [6.07, 6.45) is 1.63. The van der Waals surface area contributed by atoms with E-state index in [0.717, 1.165) is 11.1 Å². The third-order valence-corrected chi connectivity index (χ3v) is 4.60. The number of amides is 1. The Morgan fingerprint density at radius 1 is 1.23 bits per heavy atom. The highest BCUT2D eigenvalue weighted by Crippen LogP contribution is 2.20. The maximum absolute atomic E-state index is 12.0. The zero-order valence-corrected chi connectivity index (χ0v) is 14.8. The van der Waals surface area contributed by atoms with Crippen LogP contribution in [0.2, 0.25) is 0 Å². The number of nitrogens with zero attached hydrogens (tertiary/aromatic N) is 1. The van der Waals surface area contributed by atoms with Crippen molar-refractivity contribution in [3.8, 4) is 0 Å². The van der Waals surface area contributed by atoms with E-state index < -0.39 is 10.0 Å². The number of aryl methyl sites for hydroxylation is 2. The largest absolute Gasteiger partial charge is 0.354 e. The summed E-state index contributed by atoms with van der Waals surface area (Å²) in [4.78, 5) is 11.6. The molecule has 0 fully saturated rings. The van der Waals surface area contributed by atoms with Crippen molar-refractivity contribution < 1.29 is 13.2 Å². The first-order valence-corrected chi connectivity index (χ1v) is 9.27. The molecule has 5 nitrogen and oxygen atoms in total. The van der Waals surface area contributed by atoms with Crippen LogP contribution < -0.4 is 9.62 Å². The zero-order valence-electron chi connectivity index (χ0n) is 14.0.